The smallest absolute Gasteiger partial charge is 0.113 e. The Balaban J connectivity index is 2.36. The highest BCUT2D eigenvalue weighted by Gasteiger charge is 2.02. The fraction of sp³-hybridized carbons (Fsp3) is 0.231. The summed E-state index contributed by atoms with van der Waals surface area (Å²) in [4.78, 5) is 4.33. The molecule has 15 heavy (non-hydrogen) atoms. The molecule has 1 radical (unpaired) electrons. The van der Waals surface area contributed by atoms with Gasteiger partial charge in [-0.05, 0) is 25.5 Å². The van der Waals surface area contributed by atoms with Gasteiger partial charge in [0.2, 0.25) is 0 Å². The van der Waals surface area contributed by atoms with Crippen LogP contribution in [0.2, 0.25) is 0 Å². The van der Waals surface area contributed by atoms with Gasteiger partial charge in [0.1, 0.15) is 5.82 Å². The van der Waals surface area contributed by atoms with Gasteiger partial charge < -0.3 is 4.57 Å². The predicted octanol–water partition coefficient (Wildman–Crippen LogP) is 2.95. The van der Waals surface area contributed by atoms with Crippen LogP contribution < -0.4 is 0 Å². The van der Waals surface area contributed by atoms with Crippen LogP contribution in [0.3, 0.4) is 0 Å². The first kappa shape index (κ1) is 9.97. The van der Waals surface area contributed by atoms with Crippen molar-refractivity contribution in [3.63, 3.8) is 0 Å². The molecule has 1 aromatic carbocycles. The normalized spacial score (nSPS) is 10.5. The number of aromatic nitrogens is 2. The lowest BCUT2D eigenvalue weighted by Gasteiger charge is -2.07. The van der Waals surface area contributed by atoms with E-state index in [4.69, 9.17) is 0 Å². The van der Waals surface area contributed by atoms with Gasteiger partial charge in [-0.25, -0.2) is 4.98 Å². The van der Waals surface area contributed by atoms with Gasteiger partial charge in [-0.3, -0.25) is 0 Å². The number of nitrogens with zero attached hydrogens (tertiary/aromatic N) is 2. The van der Waals surface area contributed by atoms with Gasteiger partial charge in [-0.15, -0.1) is 0 Å². The molecule has 0 aliphatic heterocycles. The van der Waals surface area contributed by atoms with Crippen LogP contribution in [0.25, 0.3) is 5.69 Å². The summed E-state index contributed by atoms with van der Waals surface area (Å²) in [6.07, 6.45) is 5.63. The second-order valence-electron chi connectivity index (χ2n) is 3.65. The lowest BCUT2D eigenvalue weighted by atomic mass is 10.2. The molecular formula is C13H15N2. The maximum absolute atomic E-state index is 4.33. The summed E-state index contributed by atoms with van der Waals surface area (Å²) in [6, 6.07) is 8.46. The van der Waals surface area contributed by atoms with Crippen LogP contribution in [-0.2, 0) is 6.42 Å². The van der Waals surface area contributed by atoms with Gasteiger partial charge in [0, 0.05) is 24.5 Å². The zero-order valence-corrected chi connectivity index (χ0v) is 8.98. The summed E-state index contributed by atoms with van der Waals surface area (Å²) in [5, 5.41) is 0. The maximum atomic E-state index is 4.33. The maximum Gasteiger partial charge on any atom is 0.113 e. The Hall–Kier alpha value is -1.57. The van der Waals surface area contributed by atoms with Crippen molar-refractivity contribution in [1.82, 2.24) is 9.55 Å². The highest BCUT2D eigenvalue weighted by molar-refractivity contribution is 5.35. The average Bonchev–Trinajstić information content (AvgIpc) is 2.68. The summed E-state index contributed by atoms with van der Waals surface area (Å²) in [6.45, 7) is 5.95. The number of aryl methyl sites for hydroxylation is 2. The summed E-state index contributed by atoms with van der Waals surface area (Å²) in [5.41, 5.74) is 2.44. The molecule has 2 heteroatoms. The minimum Gasteiger partial charge on any atom is -0.304 e. The molecule has 1 aromatic heterocycles. The Bertz CT molecular complexity index is 426. The van der Waals surface area contributed by atoms with E-state index in [9.17, 15) is 0 Å². The molecule has 0 unspecified atom stereocenters. The van der Waals surface area contributed by atoms with E-state index in [2.05, 4.69) is 47.7 Å². The van der Waals surface area contributed by atoms with Gasteiger partial charge in [0.25, 0.3) is 0 Å². The van der Waals surface area contributed by atoms with E-state index >= 15 is 0 Å². The molecule has 0 aliphatic carbocycles. The minimum absolute atomic E-state index is 0.878. The number of imidazole rings is 1. The van der Waals surface area contributed by atoms with Crippen molar-refractivity contribution in [1.29, 1.82) is 0 Å². The summed E-state index contributed by atoms with van der Waals surface area (Å²) < 4.78 is 2.12. The zero-order chi connectivity index (χ0) is 10.7. The molecule has 0 amide bonds. The van der Waals surface area contributed by atoms with Crippen LogP contribution in [-0.4, -0.2) is 9.55 Å². The fourth-order valence-electron chi connectivity index (χ4n) is 1.62. The van der Waals surface area contributed by atoms with Crippen molar-refractivity contribution in [3.05, 3.63) is 55.0 Å². The Morgan fingerprint density at radius 3 is 2.67 bits per heavy atom. The molecule has 1 heterocycles. The molecule has 2 nitrogen and oxygen atoms in total. The third-order valence-electron chi connectivity index (χ3n) is 2.43. The fourth-order valence-corrected chi connectivity index (χ4v) is 1.62. The van der Waals surface area contributed by atoms with Crippen LogP contribution in [0.4, 0.5) is 0 Å². The first-order valence-corrected chi connectivity index (χ1v) is 5.20. The van der Waals surface area contributed by atoms with Crippen LogP contribution in [0.15, 0.2) is 36.7 Å². The Kier molecular flexibility index (Phi) is 2.86. The van der Waals surface area contributed by atoms with Gasteiger partial charge in [0.05, 0.1) is 0 Å². The van der Waals surface area contributed by atoms with Crippen LogP contribution in [0.1, 0.15) is 17.8 Å². The zero-order valence-electron chi connectivity index (χ0n) is 8.98. The van der Waals surface area contributed by atoms with Crippen molar-refractivity contribution in [2.75, 3.05) is 0 Å². The molecular weight excluding hydrogens is 184 g/mol. The molecule has 2 aromatic rings. The third-order valence-corrected chi connectivity index (χ3v) is 2.43. The highest BCUT2D eigenvalue weighted by Crippen LogP contribution is 2.12. The van der Waals surface area contributed by atoms with Crippen LogP contribution in [0.5, 0.6) is 0 Å². The largest absolute Gasteiger partial charge is 0.304 e. The van der Waals surface area contributed by atoms with Crippen molar-refractivity contribution < 1.29 is 0 Å². The number of benzene rings is 1. The SMILES string of the molecule is [CH2]CCc1nccn1-c1ccc(C)cc1. The first-order chi connectivity index (χ1) is 7.31. The summed E-state index contributed by atoms with van der Waals surface area (Å²) in [5.74, 6) is 1.08. The minimum atomic E-state index is 0.878. The van der Waals surface area contributed by atoms with E-state index in [-0.39, 0.29) is 0 Å². The number of hydrogen-bond acceptors (Lipinski definition) is 1. The van der Waals surface area contributed by atoms with Crippen molar-refractivity contribution in [3.8, 4) is 5.69 Å². The third kappa shape index (κ3) is 2.09. The van der Waals surface area contributed by atoms with Gasteiger partial charge in [-0.2, -0.15) is 0 Å². The number of rotatable bonds is 3. The van der Waals surface area contributed by atoms with Crippen molar-refractivity contribution >= 4 is 0 Å². The van der Waals surface area contributed by atoms with E-state index in [0.717, 1.165) is 18.7 Å². The standard InChI is InChI=1S/C13H15N2/c1-3-4-13-14-9-10-15(13)12-7-5-11(2)6-8-12/h5-10H,1,3-4H2,2H3. The monoisotopic (exact) mass is 199 g/mol. The lowest BCUT2D eigenvalue weighted by molar-refractivity contribution is 0.843. The van der Waals surface area contributed by atoms with Gasteiger partial charge in [0.15, 0.2) is 0 Å². The van der Waals surface area contributed by atoms with Crippen molar-refractivity contribution in [2.24, 2.45) is 0 Å². The van der Waals surface area contributed by atoms with Gasteiger partial charge in [-0.1, -0.05) is 24.6 Å². The van der Waals surface area contributed by atoms with Crippen LogP contribution >= 0.6 is 0 Å². The van der Waals surface area contributed by atoms with Crippen LogP contribution in [0, 0.1) is 13.8 Å². The van der Waals surface area contributed by atoms with Gasteiger partial charge >= 0.3 is 0 Å². The van der Waals surface area contributed by atoms with Crippen molar-refractivity contribution in [2.45, 2.75) is 19.8 Å². The molecule has 0 spiro atoms. The molecule has 0 saturated carbocycles. The average molecular weight is 199 g/mol. The summed E-state index contributed by atoms with van der Waals surface area (Å²) >= 11 is 0. The Morgan fingerprint density at radius 1 is 1.27 bits per heavy atom. The lowest BCUT2D eigenvalue weighted by Crippen LogP contribution is -1.99. The molecule has 0 aliphatic rings. The van der Waals surface area contributed by atoms with E-state index in [0.29, 0.717) is 0 Å². The number of hydrogen-bond donors (Lipinski definition) is 0. The van der Waals surface area contributed by atoms with E-state index in [1.165, 1.54) is 11.3 Å². The molecule has 2 rings (SSSR count). The molecule has 77 valence electrons. The highest BCUT2D eigenvalue weighted by atomic mass is 15.1. The second kappa shape index (κ2) is 4.30. The topological polar surface area (TPSA) is 17.8 Å². The molecule has 0 saturated heterocycles. The Morgan fingerprint density at radius 2 is 2.00 bits per heavy atom. The first-order valence-electron chi connectivity index (χ1n) is 5.20. The molecule has 0 fully saturated rings. The van der Waals surface area contributed by atoms with E-state index in [1.807, 2.05) is 12.4 Å². The summed E-state index contributed by atoms with van der Waals surface area (Å²) in [7, 11) is 0. The quantitative estimate of drug-likeness (QED) is 0.743. The molecule has 0 atom stereocenters. The Labute approximate surface area is 90.6 Å². The molecule has 0 N–H and O–H groups in total. The second-order valence-corrected chi connectivity index (χ2v) is 3.65. The predicted molar refractivity (Wildman–Crippen MR) is 62.0 cm³/mol. The van der Waals surface area contributed by atoms with E-state index in [1.54, 1.807) is 0 Å². The molecule has 0 bridgehead atoms. The van der Waals surface area contributed by atoms with E-state index < -0.39 is 0 Å².